The van der Waals surface area contributed by atoms with E-state index in [0.717, 1.165) is 0 Å². The summed E-state index contributed by atoms with van der Waals surface area (Å²) in [6.07, 6.45) is 0. The van der Waals surface area contributed by atoms with Crippen molar-refractivity contribution in [3.63, 3.8) is 0 Å². The lowest BCUT2D eigenvalue weighted by Crippen LogP contribution is -2.24. The minimum absolute atomic E-state index is 0.0427. The minimum Gasteiger partial charge on any atom is -0.477 e. The Balaban J connectivity index is 2.52. The summed E-state index contributed by atoms with van der Waals surface area (Å²) in [4.78, 5) is 26.9. The molecule has 1 amide bonds. The van der Waals surface area contributed by atoms with Crippen LogP contribution in [0, 0.1) is 11.3 Å². The topological polar surface area (TPSA) is 103 Å². The van der Waals surface area contributed by atoms with Gasteiger partial charge in [-0.1, -0.05) is 12.1 Å². The number of carboxylic acids is 1. The first-order chi connectivity index (χ1) is 10.5. The van der Waals surface area contributed by atoms with Crippen LogP contribution in [0.5, 0.6) is 0 Å². The van der Waals surface area contributed by atoms with Gasteiger partial charge in [0.15, 0.2) is 0 Å². The molecule has 2 aromatic rings. The Morgan fingerprint density at radius 3 is 2.36 bits per heavy atom. The third-order valence-electron chi connectivity index (χ3n) is 2.96. The van der Waals surface area contributed by atoms with Gasteiger partial charge in [0.1, 0.15) is 11.4 Å². The van der Waals surface area contributed by atoms with Gasteiger partial charge in [0, 0.05) is 6.54 Å². The molecule has 1 heterocycles. The third-order valence-corrected chi connectivity index (χ3v) is 2.96. The van der Waals surface area contributed by atoms with Crippen LogP contribution < -0.4 is 5.32 Å². The van der Waals surface area contributed by atoms with E-state index >= 15 is 0 Å². The van der Waals surface area contributed by atoms with Crippen LogP contribution in [0.2, 0.25) is 0 Å². The number of amides is 1. The van der Waals surface area contributed by atoms with Gasteiger partial charge in [0.25, 0.3) is 5.91 Å². The fourth-order valence-corrected chi connectivity index (χ4v) is 1.91. The van der Waals surface area contributed by atoms with Crippen molar-refractivity contribution in [2.75, 3.05) is 6.54 Å². The Hall–Kier alpha value is -3.20. The molecule has 22 heavy (non-hydrogen) atoms. The molecule has 1 aromatic carbocycles. The number of pyridine rings is 1. The molecule has 110 valence electrons. The number of benzene rings is 1. The molecule has 6 heteroatoms. The fraction of sp³-hybridized carbons (Fsp3) is 0.125. The molecule has 0 atom stereocenters. The molecule has 0 unspecified atom stereocenters. The van der Waals surface area contributed by atoms with Gasteiger partial charge < -0.3 is 10.4 Å². The second-order valence-electron chi connectivity index (χ2n) is 4.48. The summed E-state index contributed by atoms with van der Waals surface area (Å²) >= 11 is 0. The van der Waals surface area contributed by atoms with Gasteiger partial charge in [-0.25, -0.2) is 9.78 Å². The Morgan fingerprint density at radius 2 is 1.82 bits per heavy atom. The second-order valence-corrected chi connectivity index (χ2v) is 4.48. The summed E-state index contributed by atoms with van der Waals surface area (Å²) in [6.45, 7) is 2.19. The molecule has 0 bridgehead atoms. The molecule has 0 fully saturated rings. The SMILES string of the molecule is CCNC(=O)c1cc(-c2ccc(C#N)cc2)cc(C(=O)O)n1. The first-order valence-electron chi connectivity index (χ1n) is 6.59. The van der Waals surface area contributed by atoms with Crippen LogP contribution in [-0.2, 0) is 0 Å². The second kappa shape index (κ2) is 6.50. The zero-order chi connectivity index (χ0) is 16.1. The molecule has 0 radical (unpaired) electrons. The molecule has 1 aromatic heterocycles. The maximum Gasteiger partial charge on any atom is 0.354 e. The third kappa shape index (κ3) is 3.27. The Morgan fingerprint density at radius 1 is 1.18 bits per heavy atom. The maximum absolute atomic E-state index is 11.9. The van der Waals surface area contributed by atoms with Crippen molar-refractivity contribution in [3.8, 4) is 17.2 Å². The lowest BCUT2D eigenvalue weighted by Gasteiger charge is -2.07. The van der Waals surface area contributed by atoms with Crippen molar-refractivity contribution in [1.29, 1.82) is 5.26 Å². The highest BCUT2D eigenvalue weighted by atomic mass is 16.4. The van der Waals surface area contributed by atoms with E-state index in [1.807, 2.05) is 6.07 Å². The average molecular weight is 295 g/mol. The van der Waals surface area contributed by atoms with Crippen molar-refractivity contribution < 1.29 is 14.7 Å². The summed E-state index contributed by atoms with van der Waals surface area (Å²) in [7, 11) is 0. The molecule has 0 spiro atoms. The van der Waals surface area contributed by atoms with Crippen molar-refractivity contribution in [2.45, 2.75) is 6.92 Å². The molecule has 2 N–H and O–H groups in total. The lowest BCUT2D eigenvalue weighted by molar-refractivity contribution is 0.0690. The van der Waals surface area contributed by atoms with E-state index in [4.69, 9.17) is 10.4 Å². The highest BCUT2D eigenvalue weighted by Crippen LogP contribution is 2.21. The number of carbonyl (C=O) groups is 2. The van der Waals surface area contributed by atoms with Crippen molar-refractivity contribution in [2.24, 2.45) is 0 Å². The molecular weight excluding hydrogens is 282 g/mol. The van der Waals surface area contributed by atoms with Crippen LogP contribution in [0.1, 0.15) is 33.5 Å². The molecular formula is C16H13N3O3. The van der Waals surface area contributed by atoms with Crippen LogP contribution in [0.15, 0.2) is 36.4 Å². The molecule has 0 saturated carbocycles. The average Bonchev–Trinajstić information content (AvgIpc) is 2.54. The van der Waals surface area contributed by atoms with E-state index in [1.54, 1.807) is 31.2 Å². The van der Waals surface area contributed by atoms with Crippen LogP contribution >= 0.6 is 0 Å². The number of rotatable bonds is 4. The van der Waals surface area contributed by atoms with E-state index < -0.39 is 11.9 Å². The van der Waals surface area contributed by atoms with Crippen LogP contribution in [0.25, 0.3) is 11.1 Å². The van der Waals surface area contributed by atoms with Gasteiger partial charge in [-0.3, -0.25) is 4.79 Å². The molecule has 0 saturated heterocycles. The standard InChI is InChI=1S/C16H13N3O3/c1-2-18-15(20)13-7-12(8-14(19-13)16(21)22)11-5-3-10(9-17)4-6-11/h3-8H,2H2,1H3,(H,18,20)(H,21,22). The number of hydrogen-bond donors (Lipinski definition) is 2. The highest BCUT2D eigenvalue weighted by molar-refractivity contribution is 5.96. The number of aromatic carboxylic acids is 1. The van der Waals surface area contributed by atoms with E-state index in [0.29, 0.717) is 23.2 Å². The number of nitriles is 1. The number of aromatic nitrogens is 1. The van der Waals surface area contributed by atoms with E-state index in [9.17, 15) is 9.59 Å². The minimum atomic E-state index is -1.21. The predicted octanol–water partition coefficient (Wildman–Crippen LogP) is 2.07. The monoisotopic (exact) mass is 295 g/mol. The van der Waals surface area contributed by atoms with Crippen molar-refractivity contribution in [1.82, 2.24) is 10.3 Å². The Labute approximate surface area is 127 Å². The zero-order valence-electron chi connectivity index (χ0n) is 11.8. The largest absolute Gasteiger partial charge is 0.477 e. The normalized spacial score (nSPS) is 9.82. The number of carboxylic acid groups (broad SMARTS) is 1. The van der Waals surface area contributed by atoms with Crippen molar-refractivity contribution in [3.05, 3.63) is 53.3 Å². The molecule has 0 aliphatic carbocycles. The quantitative estimate of drug-likeness (QED) is 0.898. The van der Waals surface area contributed by atoms with E-state index in [-0.39, 0.29) is 11.4 Å². The molecule has 0 aliphatic heterocycles. The summed E-state index contributed by atoms with van der Waals surface area (Å²) in [5.74, 6) is -1.64. The fourth-order valence-electron chi connectivity index (χ4n) is 1.91. The first kappa shape index (κ1) is 15.2. The van der Waals surface area contributed by atoms with Crippen LogP contribution in [-0.4, -0.2) is 28.5 Å². The summed E-state index contributed by atoms with van der Waals surface area (Å²) in [6, 6.07) is 11.6. The van der Waals surface area contributed by atoms with Crippen molar-refractivity contribution >= 4 is 11.9 Å². The maximum atomic E-state index is 11.9. The van der Waals surface area contributed by atoms with Gasteiger partial charge in [0.05, 0.1) is 11.6 Å². The zero-order valence-corrected chi connectivity index (χ0v) is 11.8. The lowest BCUT2D eigenvalue weighted by atomic mass is 10.0. The molecule has 6 nitrogen and oxygen atoms in total. The van der Waals surface area contributed by atoms with E-state index in [1.165, 1.54) is 12.1 Å². The Bertz CT molecular complexity index is 761. The van der Waals surface area contributed by atoms with E-state index in [2.05, 4.69) is 10.3 Å². The van der Waals surface area contributed by atoms with Gasteiger partial charge in [-0.15, -0.1) is 0 Å². The number of nitrogens with one attached hydrogen (secondary N) is 1. The van der Waals surface area contributed by atoms with Crippen LogP contribution in [0.3, 0.4) is 0 Å². The number of nitrogens with zero attached hydrogens (tertiary/aromatic N) is 2. The Kier molecular flexibility index (Phi) is 4.49. The summed E-state index contributed by atoms with van der Waals surface area (Å²) in [5, 5.41) is 20.5. The molecule has 0 aliphatic rings. The molecule has 2 rings (SSSR count). The van der Waals surface area contributed by atoms with Gasteiger partial charge in [-0.05, 0) is 42.3 Å². The highest BCUT2D eigenvalue weighted by Gasteiger charge is 2.14. The summed E-state index contributed by atoms with van der Waals surface area (Å²) < 4.78 is 0. The van der Waals surface area contributed by atoms with Gasteiger partial charge in [-0.2, -0.15) is 5.26 Å². The number of hydrogen-bond acceptors (Lipinski definition) is 4. The summed E-state index contributed by atoms with van der Waals surface area (Å²) in [5.41, 5.74) is 1.59. The van der Waals surface area contributed by atoms with Gasteiger partial charge in [0.2, 0.25) is 0 Å². The number of carbonyl (C=O) groups excluding carboxylic acids is 1. The first-order valence-corrected chi connectivity index (χ1v) is 6.59. The van der Waals surface area contributed by atoms with Gasteiger partial charge >= 0.3 is 5.97 Å². The predicted molar refractivity (Wildman–Crippen MR) is 79.4 cm³/mol. The van der Waals surface area contributed by atoms with Crippen LogP contribution in [0.4, 0.5) is 0 Å². The smallest absolute Gasteiger partial charge is 0.354 e.